The van der Waals surface area contributed by atoms with Crippen LogP contribution in [-0.2, 0) is 13.1 Å². The van der Waals surface area contributed by atoms with Gasteiger partial charge >= 0.3 is 0 Å². The van der Waals surface area contributed by atoms with Gasteiger partial charge < -0.3 is 14.4 Å². The lowest BCUT2D eigenvalue weighted by molar-refractivity contribution is 0.0942. The molecule has 0 fully saturated rings. The van der Waals surface area contributed by atoms with E-state index in [2.05, 4.69) is 10.5 Å². The van der Waals surface area contributed by atoms with Gasteiger partial charge in [-0.3, -0.25) is 4.79 Å². The molecule has 3 rings (SSSR count). The Labute approximate surface area is 128 Å². The number of carbonyl (C=O) groups excluding carboxylic acids is 1. The number of hydrogen-bond donors (Lipinski definition) is 1. The first-order valence-corrected chi connectivity index (χ1v) is 7.40. The summed E-state index contributed by atoms with van der Waals surface area (Å²) < 4.78 is 7.15. The van der Waals surface area contributed by atoms with Crippen molar-refractivity contribution in [1.29, 1.82) is 0 Å². The molecule has 0 aliphatic carbocycles. The molecule has 1 N–H and O–H groups in total. The lowest BCUT2D eigenvalue weighted by Crippen LogP contribution is -2.25. The number of aryl methyl sites for hydroxylation is 3. The highest BCUT2D eigenvalue weighted by atomic mass is 16.5. The van der Waals surface area contributed by atoms with Crippen molar-refractivity contribution in [3.63, 3.8) is 0 Å². The van der Waals surface area contributed by atoms with E-state index in [-0.39, 0.29) is 5.91 Å². The molecule has 114 valence electrons. The van der Waals surface area contributed by atoms with Crippen LogP contribution in [0.2, 0.25) is 0 Å². The third kappa shape index (κ3) is 2.39. The van der Waals surface area contributed by atoms with Crippen LogP contribution in [0, 0.1) is 13.8 Å². The van der Waals surface area contributed by atoms with Crippen LogP contribution in [0.15, 0.2) is 34.9 Å². The van der Waals surface area contributed by atoms with Gasteiger partial charge in [-0.25, -0.2) is 0 Å². The number of aromatic nitrogens is 2. The van der Waals surface area contributed by atoms with Gasteiger partial charge in [0.05, 0.1) is 5.69 Å². The van der Waals surface area contributed by atoms with E-state index in [9.17, 15) is 4.79 Å². The van der Waals surface area contributed by atoms with Gasteiger partial charge in [-0.1, -0.05) is 23.4 Å². The Bertz CT molecular complexity index is 810. The van der Waals surface area contributed by atoms with Crippen molar-refractivity contribution in [2.24, 2.45) is 0 Å². The van der Waals surface area contributed by atoms with Crippen LogP contribution in [0.1, 0.15) is 34.4 Å². The maximum absolute atomic E-state index is 12.5. The van der Waals surface area contributed by atoms with Gasteiger partial charge in [-0.05, 0) is 32.9 Å². The number of nitrogens with one attached hydrogen (secondary N) is 1. The monoisotopic (exact) mass is 297 g/mol. The average molecular weight is 297 g/mol. The van der Waals surface area contributed by atoms with Gasteiger partial charge in [-0.2, -0.15) is 0 Å². The summed E-state index contributed by atoms with van der Waals surface area (Å²) in [7, 11) is 0. The normalized spacial score (nSPS) is 11.0. The van der Waals surface area contributed by atoms with Crippen molar-refractivity contribution in [1.82, 2.24) is 15.0 Å². The Kier molecular flexibility index (Phi) is 3.71. The zero-order valence-corrected chi connectivity index (χ0v) is 13.0. The third-order valence-electron chi connectivity index (χ3n) is 3.97. The first-order valence-electron chi connectivity index (χ1n) is 7.40. The van der Waals surface area contributed by atoms with Crippen LogP contribution in [0.5, 0.6) is 0 Å². The number of benzene rings is 1. The summed E-state index contributed by atoms with van der Waals surface area (Å²) in [6.07, 6.45) is 0. The van der Waals surface area contributed by atoms with Crippen LogP contribution in [0.4, 0.5) is 0 Å². The number of amides is 1. The fraction of sp³-hybridized carbons (Fsp3) is 0.294. The standard InChI is InChI=1S/C17H19N3O2/c1-4-20-15-8-6-5-7-13(15)9-16(20)17(21)18-10-14-11(2)19-22-12(14)3/h5-9H,4,10H2,1-3H3,(H,18,21). The summed E-state index contributed by atoms with van der Waals surface area (Å²) in [5, 5.41) is 7.94. The zero-order valence-electron chi connectivity index (χ0n) is 13.0. The molecule has 1 amide bonds. The fourth-order valence-electron chi connectivity index (χ4n) is 2.75. The third-order valence-corrected chi connectivity index (χ3v) is 3.97. The number of rotatable bonds is 4. The van der Waals surface area contributed by atoms with Gasteiger partial charge in [0.1, 0.15) is 11.5 Å². The Hall–Kier alpha value is -2.56. The maximum atomic E-state index is 12.5. The Morgan fingerprint density at radius 2 is 2.09 bits per heavy atom. The summed E-state index contributed by atoms with van der Waals surface area (Å²) in [5.74, 6) is 0.659. The minimum absolute atomic E-state index is 0.0851. The number of nitrogens with zero attached hydrogens (tertiary/aromatic N) is 2. The highest BCUT2D eigenvalue weighted by Gasteiger charge is 2.16. The molecule has 2 heterocycles. The van der Waals surface area contributed by atoms with Crippen molar-refractivity contribution in [3.05, 3.63) is 53.0 Å². The van der Waals surface area contributed by atoms with Crippen LogP contribution < -0.4 is 5.32 Å². The molecule has 0 bridgehead atoms. The van der Waals surface area contributed by atoms with Gasteiger partial charge in [0.25, 0.3) is 5.91 Å². The molecule has 5 heteroatoms. The topological polar surface area (TPSA) is 60.1 Å². The Morgan fingerprint density at radius 3 is 2.77 bits per heavy atom. The molecule has 5 nitrogen and oxygen atoms in total. The van der Waals surface area contributed by atoms with Crippen LogP contribution in [0.25, 0.3) is 10.9 Å². The number of carbonyl (C=O) groups is 1. The van der Waals surface area contributed by atoms with Crippen LogP contribution in [-0.4, -0.2) is 15.6 Å². The molecule has 3 aromatic rings. The molecule has 0 aliphatic heterocycles. The summed E-state index contributed by atoms with van der Waals surface area (Å²) in [4.78, 5) is 12.5. The van der Waals surface area contributed by atoms with E-state index in [0.717, 1.165) is 34.5 Å². The zero-order chi connectivity index (χ0) is 15.7. The largest absolute Gasteiger partial charge is 0.361 e. The van der Waals surface area contributed by atoms with E-state index in [4.69, 9.17) is 4.52 Å². The molecule has 0 saturated carbocycles. The van der Waals surface area contributed by atoms with E-state index in [1.165, 1.54) is 0 Å². The van der Waals surface area contributed by atoms with Gasteiger partial charge in [0.15, 0.2) is 0 Å². The van der Waals surface area contributed by atoms with E-state index >= 15 is 0 Å². The Balaban J connectivity index is 1.86. The summed E-state index contributed by atoms with van der Waals surface area (Å²) >= 11 is 0. The number of fused-ring (bicyclic) bond motifs is 1. The Morgan fingerprint density at radius 1 is 1.32 bits per heavy atom. The van der Waals surface area contributed by atoms with Gasteiger partial charge in [0.2, 0.25) is 0 Å². The first-order chi connectivity index (χ1) is 10.6. The molecule has 0 radical (unpaired) electrons. The van der Waals surface area contributed by atoms with Crippen molar-refractivity contribution >= 4 is 16.8 Å². The van der Waals surface area contributed by atoms with Gasteiger partial charge in [0, 0.05) is 29.6 Å². The van der Waals surface area contributed by atoms with Gasteiger partial charge in [-0.15, -0.1) is 0 Å². The molecule has 0 unspecified atom stereocenters. The van der Waals surface area contributed by atoms with E-state index < -0.39 is 0 Å². The minimum atomic E-state index is -0.0851. The maximum Gasteiger partial charge on any atom is 0.268 e. The number of para-hydroxylation sites is 1. The van der Waals surface area contributed by atoms with Crippen LogP contribution >= 0.6 is 0 Å². The fourth-order valence-corrected chi connectivity index (χ4v) is 2.75. The average Bonchev–Trinajstić information content (AvgIpc) is 3.05. The predicted octanol–water partition coefficient (Wildman–Crippen LogP) is 3.20. The second-order valence-electron chi connectivity index (χ2n) is 5.32. The highest BCUT2D eigenvalue weighted by Crippen LogP contribution is 2.20. The van der Waals surface area contributed by atoms with Crippen molar-refractivity contribution < 1.29 is 9.32 Å². The molecule has 0 spiro atoms. The SMILES string of the molecule is CCn1c(C(=O)NCc2c(C)noc2C)cc2ccccc21. The quantitative estimate of drug-likeness (QED) is 0.804. The molecular formula is C17H19N3O2. The summed E-state index contributed by atoms with van der Waals surface area (Å²) in [6.45, 7) is 6.94. The first kappa shape index (κ1) is 14.4. The molecule has 1 aromatic carbocycles. The van der Waals surface area contributed by atoms with Crippen molar-refractivity contribution in [2.45, 2.75) is 33.9 Å². The van der Waals surface area contributed by atoms with Crippen LogP contribution in [0.3, 0.4) is 0 Å². The molecule has 22 heavy (non-hydrogen) atoms. The minimum Gasteiger partial charge on any atom is -0.361 e. The predicted molar refractivity (Wildman–Crippen MR) is 84.8 cm³/mol. The van der Waals surface area contributed by atoms with E-state index in [1.54, 1.807) is 0 Å². The van der Waals surface area contributed by atoms with Crippen molar-refractivity contribution in [2.75, 3.05) is 0 Å². The summed E-state index contributed by atoms with van der Waals surface area (Å²) in [6, 6.07) is 9.95. The number of hydrogen-bond acceptors (Lipinski definition) is 3. The van der Waals surface area contributed by atoms with E-state index in [1.807, 2.05) is 55.7 Å². The highest BCUT2D eigenvalue weighted by molar-refractivity contribution is 5.98. The molecular weight excluding hydrogens is 278 g/mol. The van der Waals surface area contributed by atoms with Crippen molar-refractivity contribution in [3.8, 4) is 0 Å². The lowest BCUT2D eigenvalue weighted by Gasteiger charge is -2.08. The molecule has 0 saturated heterocycles. The lowest BCUT2D eigenvalue weighted by atomic mass is 10.2. The second kappa shape index (κ2) is 5.67. The summed E-state index contributed by atoms with van der Waals surface area (Å²) in [5.41, 5.74) is 3.50. The molecule has 0 atom stereocenters. The smallest absolute Gasteiger partial charge is 0.268 e. The van der Waals surface area contributed by atoms with E-state index in [0.29, 0.717) is 12.2 Å². The molecule has 0 aliphatic rings. The second-order valence-corrected chi connectivity index (χ2v) is 5.32. The molecule has 2 aromatic heterocycles.